The molecule has 0 spiro atoms. The monoisotopic (exact) mass is 269 g/mol. The highest BCUT2D eigenvalue weighted by molar-refractivity contribution is 6.16. The number of nitrogens with zero attached hydrogens (tertiary/aromatic N) is 1. The van der Waals surface area contributed by atoms with Crippen molar-refractivity contribution in [3.05, 3.63) is 59.4 Å². The zero-order valence-corrected chi connectivity index (χ0v) is 10.1. The van der Waals surface area contributed by atoms with Crippen LogP contribution < -0.4 is 4.74 Å². The van der Waals surface area contributed by atoms with E-state index in [9.17, 15) is 8.78 Å². The van der Waals surface area contributed by atoms with Gasteiger partial charge in [0.25, 0.3) is 0 Å². The lowest BCUT2D eigenvalue weighted by Gasteiger charge is -2.07. The summed E-state index contributed by atoms with van der Waals surface area (Å²) in [6, 6.07) is 6.80. The van der Waals surface area contributed by atoms with Crippen LogP contribution in [0.5, 0.6) is 5.75 Å². The Labute approximate surface area is 108 Å². The van der Waals surface area contributed by atoms with Gasteiger partial charge in [-0.25, -0.2) is 8.78 Å². The fourth-order valence-electron chi connectivity index (χ4n) is 1.38. The molecule has 2 rings (SSSR count). The molecule has 1 aromatic heterocycles. The minimum Gasteiger partial charge on any atom is -0.487 e. The van der Waals surface area contributed by atoms with Crippen LogP contribution in [0.2, 0.25) is 0 Å². The fraction of sp³-hybridized carbons (Fsp3) is 0.154. The SMILES string of the molecule is Fc1ccc(COc2ccc(CCl)nc2)c(F)c1. The van der Waals surface area contributed by atoms with Crippen LogP contribution in [0.15, 0.2) is 36.5 Å². The Kier molecular flexibility index (Phi) is 4.10. The van der Waals surface area contributed by atoms with Gasteiger partial charge in [-0.1, -0.05) is 0 Å². The van der Waals surface area contributed by atoms with Gasteiger partial charge in [0.15, 0.2) is 0 Å². The van der Waals surface area contributed by atoms with Gasteiger partial charge in [-0.3, -0.25) is 4.98 Å². The highest BCUT2D eigenvalue weighted by Crippen LogP contribution is 2.15. The van der Waals surface area contributed by atoms with Crippen LogP contribution in [-0.4, -0.2) is 4.98 Å². The van der Waals surface area contributed by atoms with Crippen LogP contribution in [0.1, 0.15) is 11.3 Å². The summed E-state index contributed by atoms with van der Waals surface area (Å²) in [4.78, 5) is 4.04. The van der Waals surface area contributed by atoms with E-state index < -0.39 is 11.6 Å². The molecule has 18 heavy (non-hydrogen) atoms. The number of rotatable bonds is 4. The number of pyridine rings is 1. The van der Waals surface area contributed by atoms with Crippen molar-refractivity contribution >= 4 is 11.6 Å². The summed E-state index contributed by atoms with van der Waals surface area (Å²) < 4.78 is 31.4. The van der Waals surface area contributed by atoms with E-state index in [2.05, 4.69) is 4.98 Å². The van der Waals surface area contributed by atoms with Gasteiger partial charge in [-0.05, 0) is 24.3 Å². The van der Waals surface area contributed by atoms with Crippen molar-refractivity contribution in [3.8, 4) is 5.75 Å². The van der Waals surface area contributed by atoms with E-state index in [1.807, 2.05) is 0 Å². The van der Waals surface area contributed by atoms with Crippen molar-refractivity contribution in [3.63, 3.8) is 0 Å². The summed E-state index contributed by atoms with van der Waals surface area (Å²) in [7, 11) is 0. The van der Waals surface area contributed by atoms with E-state index in [0.717, 1.165) is 11.8 Å². The predicted octanol–water partition coefficient (Wildman–Crippen LogP) is 3.68. The molecule has 94 valence electrons. The first-order valence-electron chi connectivity index (χ1n) is 5.26. The molecule has 0 fully saturated rings. The third kappa shape index (κ3) is 3.17. The molecule has 0 amide bonds. The Morgan fingerprint density at radius 1 is 1.17 bits per heavy atom. The smallest absolute Gasteiger partial charge is 0.138 e. The minimum atomic E-state index is -0.625. The molecule has 0 saturated carbocycles. The van der Waals surface area contributed by atoms with E-state index in [0.29, 0.717) is 11.6 Å². The van der Waals surface area contributed by atoms with Crippen LogP contribution >= 0.6 is 11.6 Å². The average molecular weight is 270 g/mol. The summed E-state index contributed by atoms with van der Waals surface area (Å²) in [5.74, 6) is -0.398. The van der Waals surface area contributed by atoms with Crippen LogP contribution in [0, 0.1) is 11.6 Å². The molecule has 2 aromatic rings. The predicted molar refractivity (Wildman–Crippen MR) is 64.5 cm³/mol. The third-order valence-corrected chi connectivity index (χ3v) is 2.62. The molecule has 0 atom stereocenters. The summed E-state index contributed by atoms with van der Waals surface area (Å²) >= 11 is 5.60. The minimum absolute atomic E-state index is 0.0218. The van der Waals surface area contributed by atoms with E-state index in [1.165, 1.54) is 18.3 Å². The van der Waals surface area contributed by atoms with Gasteiger partial charge in [0.05, 0.1) is 17.8 Å². The molecule has 0 radical (unpaired) electrons. The quantitative estimate of drug-likeness (QED) is 0.790. The standard InChI is InChI=1S/C13H10ClF2NO/c14-6-11-3-4-12(7-17-11)18-8-9-1-2-10(15)5-13(9)16/h1-5,7H,6,8H2. The summed E-state index contributed by atoms with van der Waals surface area (Å²) in [6.07, 6.45) is 1.51. The van der Waals surface area contributed by atoms with Gasteiger partial charge < -0.3 is 4.74 Å². The van der Waals surface area contributed by atoms with Gasteiger partial charge in [0, 0.05) is 11.6 Å². The maximum Gasteiger partial charge on any atom is 0.138 e. The summed E-state index contributed by atoms with van der Waals surface area (Å²) in [5.41, 5.74) is 1.02. The van der Waals surface area contributed by atoms with Crippen LogP contribution in [0.3, 0.4) is 0 Å². The van der Waals surface area contributed by atoms with Crippen LogP contribution in [-0.2, 0) is 12.5 Å². The lowest BCUT2D eigenvalue weighted by molar-refractivity contribution is 0.298. The molecule has 0 saturated heterocycles. The number of ether oxygens (including phenoxy) is 1. The Hall–Kier alpha value is -1.68. The lowest BCUT2D eigenvalue weighted by Crippen LogP contribution is -1.99. The zero-order chi connectivity index (χ0) is 13.0. The van der Waals surface area contributed by atoms with E-state index in [-0.39, 0.29) is 12.2 Å². The molecular weight excluding hydrogens is 260 g/mol. The Bertz CT molecular complexity index is 531. The third-order valence-electron chi connectivity index (χ3n) is 2.34. The number of aromatic nitrogens is 1. The van der Waals surface area contributed by atoms with Crippen molar-refractivity contribution in [1.82, 2.24) is 4.98 Å². The zero-order valence-electron chi connectivity index (χ0n) is 9.37. The average Bonchev–Trinajstić information content (AvgIpc) is 2.38. The first-order valence-corrected chi connectivity index (χ1v) is 5.80. The molecule has 0 N–H and O–H groups in total. The van der Waals surface area contributed by atoms with Gasteiger partial charge in [-0.2, -0.15) is 0 Å². The number of benzene rings is 1. The maximum atomic E-state index is 13.3. The van der Waals surface area contributed by atoms with Crippen LogP contribution in [0.4, 0.5) is 8.78 Å². The number of alkyl halides is 1. The second-order valence-electron chi connectivity index (χ2n) is 3.64. The fourth-order valence-corrected chi connectivity index (χ4v) is 1.53. The number of hydrogen-bond acceptors (Lipinski definition) is 2. The van der Waals surface area contributed by atoms with Gasteiger partial charge in [0.1, 0.15) is 24.0 Å². The molecule has 0 aliphatic heterocycles. The van der Waals surface area contributed by atoms with E-state index in [1.54, 1.807) is 12.1 Å². The van der Waals surface area contributed by atoms with Crippen LogP contribution in [0.25, 0.3) is 0 Å². The number of halogens is 3. The molecule has 0 bridgehead atoms. The molecule has 0 aliphatic carbocycles. The first kappa shape index (κ1) is 12.8. The summed E-state index contributed by atoms with van der Waals surface area (Å²) in [5, 5.41) is 0. The second kappa shape index (κ2) is 5.78. The van der Waals surface area contributed by atoms with Gasteiger partial charge >= 0.3 is 0 Å². The van der Waals surface area contributed by atoms with Crippen molar-refractivity contribution in [1.29, 1.82) is 0 Å². The molecule has 1 heterocycles. The normalized spacial score (nSPS) is 10.4. The van der Waals surface area contributed by atoms with Gasteiger partial charge in [-0.15, -0.1) is 11.6 Å². The Balaban J connectivity index is 2.02. The molecule has 1 aromatic carbocycles. The van der Waals surface area contributed by atoms with Crippen molar-refractivity contribution in [2.45, 2.75) is 12.5 Å². The topological polar surface area (TPSA) is 22.1 Å². The molecule has 2 nitrogen and oxygen atoms in total. The molecule has 0 aliphatic rings. The summed E-state index contributed by atoms with van der Waals surface area (Å²) in [6.45, 7) is 0.0218. The molecular formula is C13H10ClF2NO. The first-order chi connectivity index (χ1) is 8.69. The molecule has 5 heteroatoms. The van der Waals surface area contributed by atoms with E-state index >= 15 is 0 Å². The van der Waals surface area contributed by atoms with Crippen molar-refractivity contribution in [2.75, 3.05) is 0 Å². The highest BCUT2D eigenvalue weighted by Gasteiger charge is 2.04. The number of hydrogen-bond donors (Lipinski definition) is 0. The Morgan fingerprint density at radius 3 is 2.61 bits per heavy atom. The lowest BCUT2D eigenvalue weighted by atomic mass is 10.2. The van der Waals surface area contributed by atoms with E-state index in [4.69, 9.17) is 16.3 Å². The highest BCUT2D eigenvalue weighted by atomic mass is 35.5. The van der Waals surface area contributed by atoms with Crippen molar-refractivity contribution < 1.29 is 13.5 Å². The van der Waals surface area contributed by atoms with Crippen molar-refractivity contribution in [2.24, 2.45) is 0 Å². The largest absolute Gasteiger partial charge is 0.487 e. The van der Waals surface area contributed by atoms with Gasteiger partial charge in [0.2, 0.25) is 0 Å². The second-order valence-corrected chi connectivity index (χ2v) is 3.91. The Morgan fingerprint density at radius 2 is 2.00 bits per heavy atom. The molecule has 0 unspecified atom stereocenters. The maximum absolute atomic E-state index is 13.3.